The van der Waals surface area contributed by atoms with Gasteiger partial charge < -0.3 is 10.6 Å². The predicted molar refractivity (Wildman–Crippen MR) is 191 cm³/mol. The van der Waals surface area contributed by atoms with E-state index in [0.29, 0.717) is 105 Å². The number of carbonyl (C=O) groups excluding carboxylic acids is 2. The van der Waals surface area contributed by atoms with Gasteiger partial charge in [-0.3, -0.25) is 28.3 Å². The lowest BCUT2D eigenvalue weighted by Crippen LogP contribution is -2.36. The van der Waals surface area contributed by atoms with Gasteiger partial charge in [-0.1, -0.05) is 59.6 Å². The first-order chi connectivity index (χ1) is 24.0. The first kappa shape index (κ1) is 32.0. The number of aromatic nitrogens is 6. The molecule has 0 unspecified atom stereocenters. The van der Waals surface area contributed by atoms with Gasteiger partial charge in [0.2, 0.25) is 11.8 Å². The van der Waals surface area contributed by atoms with E-state index in [2.05, 4.69) is 20.8 Å². The number of hydrogen-bond donors (Lipinski definition) is 2. The van der Waals surface area contributed by atoms with E-state index in [4.69, 9.17) is 23.2 Å². The van der Waals surface area contributed by atoms with Crippen LogP contribution < -0.4 is 21.8 Å². The molecule has 2 aliphatic heterocycles. The zero-order valence-corrected chi connectivity index (χ0v) is 28.8. The zero-order valence-electron chi connectivity index (χ0n) is 27.2. The standard InChI is InChI=1S/C36H32Cl2N8O4/c1-19-41-45-15-21(13-29(45)35(49)43(19)17-23-9-11-31(47)39-23)25-5-3-7-27(33(25)37)28-8-4-6-26(34(28)38)22-14-30-36(50)44(20(2)42-46(30)16-22)18-24-10-12-32(48)40-24/h3-8,13-16,23-24H,9-12,17-18H2,1-2H3,(H,39,47)(H,40,48)/t23-,24-/m0/s1. The number of benzene rings is 2. The second-order valence-electron chi connectivity index (χ2n) is 13.0. The van der Waals surface area contributed by atoms with Crippen LogP contribution in [0.2, 0.25) is 10.0 Å². The minimum atomic E-state index is -0.199. The number of hydrogen-bond acceptors (Lipinski definition) is 6. The largest absolute Gasteiger partial charge is 0.352 e. The van der Waals surface area contributed by atoms with Crippen LogP contribution in [-0.4, -0.2) is 52.3 Å². The summed E-state index contributed by atoms with van der Waals surface area (Å²) in [4.78, 5) is 50.6. The molecule has 0 saturated carbocycles. The zero-order chi connectivity index (χ0) is 34.8. The topological polar surface area (TPSA) is 137 Å². The number of aryl methyl sites for hydroxylation is 2. The lowest BCUT2D eigenvalue weighted by molar-refractivity contribution is -0.120. The highest BCUT2D eigenvalue weighted by atomic mass is 35.5. The molecule has 2 atom stereocenters. The maximum atomic E-state index is 13.6. The molecule has 2 aliphatic rings. The molecule has 2 aromatic carbocycles. The van der Waals surface area contributed by atoms with Crippen molar-refractivity contribution >= 4 is 46.0 Å². The van der Waals surface area contributed by atoms with Crippen molar-refractivity contribution in [2.45, 2.75) is 64.7 Å². The monoisotopic (exact) mass is 710 g/mol. The molecule has 4 aromatic heterocycles. The Hall–Kier alpha value is -5.20. The Labute approximate surface area is 295 Å². The lowest BCUT2D eigenvalue weighted by Gasteiger charge is -2.14. The van der Waals surface area contributed by atoms with E-state index in [0.717, 1.165) is 0 Å². The van der Waals surface area contributed by atoms with Crippen molar-refractivity contribution in [2.24, 2.45) is 0 Å². The van der Waals surface area contributed by atoms with Crippen molar-refractivity contribution in [1.82, 2.24) is 39.0 Å². The van der Waals surface area contributed by atoms with Gasteiger partial charge in [-0.15, -0.1) is 0 Å². The number of fused-ring (bicyclic) bond motifs is 2. The van der Waals surface area contributed by atoms with Gasteiger partial charge in [0.15, 0.2) is 0 Å². The van der Waals surface area contributed by atoms with Crippen LogP contribution in [0.3, 0.4) is 0 Å². The Balaban J connectivity index is 1.14. The Morgan fingerprint density at radius 1 is 0.660 bits per heavy atom. The molecule has 2 N–H and O–H groups in total. The van der Waals surface area contributed by atoms with E-state index >= 15 is 0 Å². The number of carbonyl (C=O) groups is 2. The molecule has 0 radical (unpaired) electrons. The molecule has 254 valence electrons. The molecular formula is C36H32Cl2N8O4. The van der Waals surface area contributed by atoms with Gasteiger partial charge in [-0.05, 0) is 38.8 Å². The molecule has 0 spiro atoms. The molecule has 12 nitrogen and oxygen atoms in total. The molecule has 50 heavy (non-hydrogen) atoms. The molecule has 0 bridgehead atoms. The molecule has 2 amide bonds. The minimum Gasteiger partial charge on any atom is -0.352 e. The Bertz CT molecular complexity index is 2340. The molecule has 6 heterocycles. The second kappa shape index (κ2) is 12.3. The summed E-state index contributed by atoms with van der Waals surface area (Å²) in [6, 6.07) is 14.6. The van der Waals surface area contributed by atoms with Crippen molar-refractivity contribution in [3.8, 4) is 33.4 Å². The van der Waals surface area contributed by atoms with E-state index in [1.165, 1.54) is 0 Å². The van der Waals surface area contributed by atoms with Crippen molar-refractivity contribution in [2.75, 3.05) is 0 Å². The molecular weight excluding hydrogens is 679 g/mol. The molecule has 8 rings (SSSR count). The molecule has 14 heteroatoms. The van der Waals surface area contributed by atoms with Gasteiger partial charge in [-0.25, -0.2) is 9.03 Å². The SMILES string of the molecule is Cc1nn2cc(-c3cccc(-c4cccc(-c5cc6c(=O)n(C[C@@H]7CCC(=O)N7)c(C)nn6c5)c4Cl)c3Cl)cc2c(=O)n1C[C@@H]1CCC(=O)N1. The number of halogens is 2. The van der Waals surface area contributed by atoms with Crippen LogP contribution in [0.5, 0.6) is 0 Å². The average Bonchev–Trinajstić information content (AvgIpc) is 3.89. The summed E-state index contributed by atoms with van der Waals surface area (Å²) in [6.45, 7) is 4.26. The Morgan fingerprint density at radius 2 is 1.06 bits per heavy atom. The summed E-state index contributed by atoms with van der Waals surface area (Å²) < 4.78 is 6.34. The Kier molecular flexibility index (Phi) is 7.87. The van der Waals surface area contributed by atoms with E-state index in [-0.39, 0.29) is 35.0 Å². The third-order valence-electron chi connectivity index (χ3n) is 9.70. The minimum absolute atomic E-state index is 0.00784. The molecule has 2 saturated heterocycles. The summed E-state index contributed by atoms with van der Waals surface area (Å²) in [6.07, 6.45) is 5.82. The fraction of sp³-hybridized carbons (Fsp3) is 0.278. The molecule has 2 fully saturated rings. The van der Waals surface area contributed by atoms with Crippen LogP contribution in [0, 0.1) is 13.8 Å². The number of amides is 2. The summed E-state index contributed by atoms with van der Waals surface area (Å²) in [5.74, 6) is 1.07. The van der Waals surface area contributed by atoms with Crippen molar-refractivity contribution in [1.29, 1.82) is 0 Å². The first-order valence-corrected chi connectivity index (χ1v) is 17.2. The number of rotatable bonds is 7. The smallest absolute Gasteiger partial charge is 0.277 e. The van der Waals surface area contributed by atoms with Gasteiger partial charge in [0.25, 0.3) is 11.1 Å². The van der Waals surface area contributed by atoms with Gasteiger partial charge >= 0.3 is 0 Å². The summed E-state index contributed by atoms with van der Waals surface area (Å²) in [7, 11) is 0. The van der Waals surface area contributed by atoms with Crippen LogP contribution in [0.1, 0.15) is 37.3 Å². The summed E-state index contributed by atoms with van der Waals surface area (Å²) in [5, 5.41) is 16.0. The third-order valence-corrected chi connectivity index (χ3v) is 10.5. The summed E-state index contributed by atoms with van der Waals surface area (Å²) in [5.41, 5.74) is 4.63. The number of nitrogens with zero attached hydrogens (tertiary/aromatic N) is 6. The summed E-state index contributed by atoms with van der Waals surface area (Å²) >= 11 is 14.2. The van der Waals surface area contributed by atoms with Crippen molar-refractivity contribution < 1.29 is 9.59 Å². The average molecular weight is 712 g/mol. The van der Waals surface area contributed by atoms with Gasteiger partial charge in [0, 0.05) is 83.8 Å². The fourth-order valence-electron chi connectivity index (χ4n) is 7.10. The Morgan fingerprint density at radius 3 is 1.44 bits per heavy atom. The van der Waals surface area contributed by atoms with Crippen LogP contribution in [0.15, 0.2) is 70.5 Å². The van der Waals surface area contributed by atoms with E-state index < -0.39 is 0 Å². The van der Waals surface area contributed by atoms with Crippen molar-refractivity contribution in [3.63, 3.8) is 0 Å². The molecule has 0 aliphatic carbocycles. The highest BCUT2D eigenvalue weighted by molar-refractivity contribution is 6.39. The third kappa shape index (κ3) is 5.48. The van der Waals surface area contributed by atoms with Gasteiger partial charge in [0.1, 0.15) is 22.7 Å². The van der Waals surface area contributed by atoms with Gasteiger partial charge in [-0.2, -0.15) is 10.2 Å². The highest BCUT2D eigenvalue weighted by Gasteiger charge is 2.25. The van der Waals surface area contributed by atoms with E-state index in [9.17, 15) is 19.2 Å². The van der Waals surface area contributed by atoms with Crippen LogP contribution >= 0.6 is 23.2 Å². The van der Waals surface area contributed by atoms with Crippen LogP contribution in [0.4, 0.5) is 0 Å². The molecule has 6 aromatic rings. The van der Waals surface area contributed by atoms with Crippen LogP contribution in [0.25, 0.3) is 44.4 Å². The van der Waals surface area contributed by atoms with E-state index in [1.807, 2.05) is 36.4 Å². The maximum absolute atomic E-state index is 13.6. The van der Waals surface area contributed by atoms with Crippen LogP contribution in [-0.2, 0) is 22.7 Å². The quantitative estimate of drug-likeness (QED) is 0.245. The van der Waals surface area contributed by atoms with Crippen molar-refractivity contribution in [3.05, 3.63) is 103 Å². The number of nitrogens with one attached hydrogen (secondary N) is 2. The predicted octanol–water partition coefficient (Wildman–Crippen LogP) is 4.79. The van der Waals surface area contributed by atoms with E-state index in [1.54, 1.807) is 56.5 Å². The normalized spacial score (nSPS) is 17.6. The fourth-order valence-corrected chi connectivity index (χ4v) is 7.77. The maximum Gasteiger partial charge on any atom is 0.277 e. The lowest BCUT2D eigenvalue weighted by atomic mass is 9.97. The second-order valence-corrected chi connectivity index (χ2v) is 13.7. The van der Waals surface area contributed by atoms with Gasteiger partial charge in [0.05, 0.1) is 10.0 Å². The first-order valence-electron chi connectivity index (χ1n) is 16.4. The highest BCUT2D eigenvalue weighted by Crippen LogP contribution is 2.42.